The molecule has 226 valence electrons. The zero-order chi connectivity index (χ0) is 31.1. The Hall–Kier alpha value is -3.54. The fraction of sp³-hybridized carbons (Fsp3) is 0.643. The van der Waals surface area contributed by atoms with Crippen LogP contribution in [0.4, 0.5) is 14.4 Å². The van der Waals surface area contributed by atoms with Gasteiger partial charge in [-0.15, -0.1) is 0 Å². The second kappa shape index (κ2) is 13.2. The highest BCUT2D eigenvalue weighted by atomic mass is 16.8. The summed E-state index contributed by atoms with van der Waals surface area (Å²) in [5, 5.41) is 9.94. The molecule has 1 rings (SSSR count). The van der Waals surface area contributed by atoms with Crippen LogP contribution in [0.25, 0.3) is 0 Å². The maximum atomic E-state index is 12.4. The highest BCUT2D eigenvalue weighted by Crippen LogP contribution is 2.32. The monoisotopic (exact) mass is 569 g/mol. The van der Waals surface area contributed by atoms with Crippen molar-refractivity contribution >= 4 is 24.4 Å². The second-order valence-corrected chi connectivity index (χ2v) is 12.2. The van der Waals surface area contributed by atoms with Gasteiger partial charge in [-0.2, -0.15) is 0 Å². The number of hydrogen-bond acceptors (Lipinski definition) is 11. The van der Waals surface area contributed by atoms with Gasteiger partial charge in [0, 0.05) is 12.8 Å². The number of benzene rings is 1. The fourth-order valence-corrected chi connectivity index (χ4v) is 3.19. The van der Waals surface area contributed by atoms with Gasteiger partial charge in [0.2, 0.25) is 0 Å². The van der Waals surface area contributed by atoms with E-state index in [0.29, 0.717) is 12.0 Å². The maximum Gasteiger partial charge on any atom is 0.514 e. The molecule has 1 aromatic rings. The van der Waals surface area contributed by atoms with Gasteiger partial charge in [-0.05, 0) is 86.4 Å². The van der Waals surface area contributed by atoms with Gasteiger partial charge in [-0.1, -0.05) is 13.0 Å². The third kappa shape index (κ3) is 12.5. The van der Waals surface area contributed by atoms with E-state index in [2.05, 4.69) is 0 Å². The smallest absolute Gasteiger partial charge is 0.480 e. The molecule has 0 amide bonds. The molecule has 40 heavy (non-hydrogen) atoms. The van der Waals surface area contributed by atoms with Gasteiger partial charge in [0.25, 0.3) is 0 Å². The van der Waals surface area contributed by atoms with Crippen LogP contribution in [-0.4, -0.2) is 58.0 Å². The number of aliphatic carboxylic acids is 1. The minimum Gasteiger partial charge on any atom is -0.480 e. The molecule has 0 heterocycles. The molecule has 0 saturated heterocycles. The van der Waals surface area contributed by atoms with Gasteiger partial charge >= 0.3 is 24.4 Å². The van der Waals surface area contributed by atoms with Crippen LogP contribution in [0.2, 0.25) is 0 Å². The van der Waals surface area contributed by atoms with E-state index >= 15 is 0 Å². The first kappa shape index (κ1) is 34.5. The summed E-state index contributed by atoms with van der Waals surface area (Å²) in [6.07, 6.45) is -3.94. The molecule has 0 spiro atoms. The van der Waals surface area contributed by atoms with Crippen LogP contribution >= 0.6 is 0 Å². The van der Waals surface area contributed by atoms with Crippen LogP contribution < -0.4 is 15.2 Å². The fourth-order valence-electron chi connectivity index (χ4n) is 3.19. The lowest BCUT2D eigenvalue weighted by Crippen LogP contribution is -2.52. The van der Waals surface area contributed by atoms with Crippen LogP contribution in [0.3, 0.4) is 0 Å². The number of hydrogen-bond donors (Lipinski definition) is 2. The molecule has 0 fully saturated rings. The number of carboxylic acids is 1. The molecular formula is C28H43NO11. The van der Waals surface area contributed by atoms with Crippen molar-refractivity contribution in [3.05, 3.63) is 23.8 Å². The zero-order valence-corrected chi connectivity index (χ0v) is 25.0. The van der Waals surface area contributed by atoms with Gasteiger partial charge in [0.1, 0.15) is 28.4 Å². The SMILES string of the molecule is CCC(C)(C)OC(=O)O[C@@H](C)CC(N)(Cc1ccc(OC(=O)OC(C)(C)C)c(OC(=O)OC(C)(C)C)c1)C(=O)O. The first-order chi connectivity index (χ1) is 18.0. The van der Waals surface area contributed by atoms with E-state index < -0.39 is 52.9 Å². The van der Waals surface area contributed by atoms with Crippen molar-refractivity contribution in [2.24, 2.45) is 5.73 Å². The second-order valence-electron chi connectivity index (χ2n) is 12.2. The van der Waals surface area contributed by atoms with E-state index in [1.54, 1.807) is 55.4 Å². The van der Waals surface area contributed by atoms with E-state index in [9.17, 15) is 24.3 Å². The summed E-state index contributed by atoms with van der Waals surface area (Å²) >= 11 is 0. The first-order valence-corrected chi connectivity index (χ1v) is 12.9. The summed E-state index contributed by atoms with van der Waals surface area (Å²) in [5.74, 6) is -1.74. The molecule has 0 aliphatic carbocycles. The molecule has 1 aromatic carbocycles. The molecule has 12 heteroatoms. The quantitative estimate of drug-likeness (QED) is 0.199. The molecule has 0 radical (unpaired) electrons. The molecule has 0 aliphatic heterocycles. The Morgan fingerprint density at radius 3 is 1.77 bits per heavy atom. The first-order valence-electron chi connectivity index (χ1n) is 12.9. The van der Waals surface area contributed by atoms with E-state index in [0.717, 1.165) is 0 Å². The molecule has 0 bridgehead atoms. The van der Waals surface area contributed by atoms with Crippen molar-refractivity contribution < 1.29 is 52.7 Å². The Balaban J connectivity index is 3.23. The highest BCUT2D eigenvalue weighted by molar-refractivity contribution is 5.79. The van der Waals surface area contributed by atoms with Crippen LogP contribution in [0.1, 0.15) is 87.6 Å². The predicted octanol–water partition coefficient (Wildman–Crippen LogP) is 5.76. The van der Waals surface area contributed by atoms with Crippen molar-refractivity contribution in [1.29, 1.82) is 0 Å². The summed E-state index contributed by atoms with van der Waals surface area (Å²) in [5.41, 5.74) is 2.21. The van der Waals surface area contributed by atoms with Gasteiger partial charge < -0.3 is 39.3 Å². The van der Waals surface area contributed by atoms with Gasteiger partial charge in [-0.3, -0.25) is 4.79 Å². The number of carbonyl (C=O) groups excluding carboxylic acids is 3. The van der Waals surface area contributed by atoms with Crippen molar-refractivity contribution in [2.45, 2.75) is 117 Å². The molecule has 2 atom stereocenters. The maximum absolute atomic E-state index is 12.4. The average molecular weight is 570 g/mol. The lowest BCUT2D eigenvalue weighted by Gasteiger charge is -2.29. The standard InChI is InChI=1S/C28H43NO11/c1-11-27(9,10)40-22(32)35-17(2)15-28(29,21(30)31)16-18-12-13-19(36-23(33)38-25(3,4)5)20(14-18)37-24(34)39-26(6,7)8/h12-14,17H,11,15-16,29H2,1-10H3,(H,30,31)/t17-,28?/m0/s1. The lowest BCUT2D eigenvalue weighted by molar-refractivity contribution is -0.145. The summed E-state index contributed by atoms with van der Waals surface area (Å²) in [6.45, 7) is 16.7. The molecule has 0 aromatic heterocycles. The van der Waals surface area contributed by atoms with Crippen LogP contribution in [0.15, 0.2) is 18.2 Å². The molecule has 0 saturated carbocycles. The Morgan fingerprint density at radius 1 is 0.825 bits per heavy atom. The minimum atomic E-state index is -1.89. The minimum absolute atomic E-state index is 0.167. The van der Waals surface area contributed by atoms with E-state index in [-0.39, 0.29) is 24.3 Å². The molecule has 1 unspecified atom stereocenters. The van der Waals surface area contributed by atoms with E-state index in [1.807, 2.05) is 6.92 Å². The Labute approximate surface area is 235 Å². The average Bonchev–Trinajstić information content (AvgIpc) is 2.72. The van der Waals surface area contributed by atoms with Crippen LogP contribution in [-0.2, 0) is 30.2 Å². The number of carbonyl (C=O) groups is 4. The van der Waals surface area contributed by atoms with Crippen molar-refractivity contribution in [3.63, 3.8) is 0 Å². The Bertz CT molecular complexity index is 1070. The van der Waals surface area contributed by atoms with Crippen LogP contribution in [0.5, 0.6) is 11.5 Å². The number of rotatable bonds is 10. The summed E-state index contributed by atoms with van der Waals surface area (Å²) in [6, 6.07) is 4.07. The van der Waals surface area contributed by atoms with Crippen molar-refractivity contribution in [2.75, 3.05) is 0 Å². The van der Waals surface area contributed by atoms with Crippen LogP contribution in [0, 0.1) is 0 Å². The normalized spacial score (nSPS) is 14.3. The largest absolute Gasteiger partial charge is 0.514 e. The zero-order valence-electron chi connectivity index (χ0n) is 25.0. The predicted molar refractivity (Wildman–Crippen MR) is 144 cm³/mol. The van der Waals surface area contributed by atoms with E-state index in [1.165, 1.54) is 25.1 Å². The van der Waals surface area contributed by atoms with Gasteiger partial charge in [-0.25, -0.2) is 14.4 Å². The summed E-state index contributed by atoms with van der Waals surface area (Å²) in [7, 11) is 0. The van der Waals surface area contributed by atoms with Crippen molar-refractivity contribution in [1.82, 2.24) is 0 Å². The topological polar surface area (TPSA) is 170 Å². The number of ether oxygens (including phenoxy) is 6. The highest BCUT2D eigenvalue weighted by Gasteiger charge is 2.38. The van der Waals surface area contributed by atoms with Gasteiger partial charge in [0.05, 0.1) is 0 Å². The Morgan fingerprint density at radius 2 is 1.32 bits per heavy atom. The molecule has 0 aliphatic rings. The molecule has 12 nitrogen and oxygen atoms in total. The molecular weight excluding hydrogens is 526 g/mol. The third-order valence-corrected chi connectivity index (χ3v) is 5.28. The van der Waals surface area contributed by atoms with E-state index in [4.69, 9.17) is 34.2 Å². The molecule has 3 N–H and O–H groups in total. The number of carboxylic acid groups (broad SMARTS) is 1. The van der Waals surface area contributed by atoms with Crippen molar-refractivity contribution in [3.8, 4) is 11.5 Å². The van der Waals surface area contributed by atoms with Gasteiger partial charge in [0.15, 0.2) is 11.5 Å². The third-order valence-electron chi connectivity index (χ3n) is 5.28. The summed E-state index contributed by atoms with van der Waals surface area (Å²) in [4.78, 5) is 49.0. The number of nitrogens with two attached hydrogens (primary N) is 1. The summed E-state index contributed by atoms with van der Waals surface area (Å²) < 4.78 is 31.3. The lowest BCUT2D eigenvalue weighted by atomic mass is 9.86. The Kier molecular flexibility index (Phi) is 11.4.